The van der Waals surface area contributed by atoms with Crippen LogP contribution in [0.5, 0.6) is 5.75 Å². The quantitative estimate of drug-likeness (QED) is 0.696. The summed E-state index contributed by atoms with van der Waals surface area (Å²) in [4.78, 5) is 4.46. The Kier molecular flexibility index (Phi) is 5.36. The molecule has 0 bridgehead atoms. The first-order valence-electron chi connectivity index (χ1n) is 7.61. The van der Waals surface area contributed by atoms with Crippen LogP contribution in [-0.2, 0) is 6.54 Å². The fourth-order valence-electron chi connectivity index (χ4n) is 2.35. The molecule has 3 aromatic rings. The number of benzene rings is 2. The average Bonchev–Trinajstić information content (AvgIpc) is 2.63. The Morgan fingerprint density at radius 3 is 2.56 bits per heavy atom. The molecule has 25 heavy (non-hydrogen) atoms. The lowest BCUT2D eigenvalue weighted by atomic mass is 10.1. The second-order valence-electron chi connectivity index (χ2n) is 5.37. The first kappa shape index (κ1) is 17.5. The first-order chi connectivity index (χ1) is 12.1. The van der Waals surface area contributed by atoms with Gasteiger partial charge in [0.15, 0.2) is 5.82 Å². The van der Waals surface area contributed by atoms with Crippen molar-refractivity contribution in [2.24, 2.45) is 0 Å². The molecule has 0 fully saturated rings. The Balaban J connectivity index is 2.01. The molecule has 2 aromatic carbocycles. The van der Waals surface area contributed by atoms with Crippen LogP contribution in [0.15, 0.2) is 42.5 Å². The van der Waals surface area contributed by atoms with Gasteiger partial charge in [0.25, 0.3) is 0 Å². The van der Waals surface area contributed by atoms with Crippen molar-refractivity contribution >= 4 is 29.0 Å². The third-order valence-electron chi connectivity index (χ3n) is 3.59. The molecule has 5 nitrogen and oxygen atoms in total. The Hall–Kier alpha value is -2.37. The van der Waals surface area contributed by atoms with Crippen molar-refractivity contribution in [3.05, 3.63) is 63.9 Å². The van der Waals surface area contributed by atoms with Gasteiger partial charge in [-0.1, -0.05) is 53.5 Å². The van der Waals surface area contributed by atoms with Crippen molar-refractivity contribution in [3.63, 3.8) is 0 Å². The Labute approximate surface area is 156 Å². The summed E-state index contributed by atoms with van der Waals surface area (Å²) in [6.07, 6.45) is 0. The summed E-state index contributed by atoms with van der Waals surface area (Å²) < 4.78 is 5.27. The SMILES string of the molecule is COc1cc(Cl)c(Cl)c(-c2nnc(C)nc2NCc2ccccc2)c1. The minimum atomic E-state index is 0.380. The van der Waals surface area contributed by atoms with Gasteiger partial charge in [0.2, 0.25) is 0 Å². The second-order valence-corrected chi connectivity index (χ2v) is 6.15. The number of nitrogens with one attached hydrogen (secondary N) is 1. The highest BCUT2D eigenvalue weighted by Gasteiger charge is 2.17. The third-order valence-corrected chi connectivity index (χ3v) is 4.39. The molecule has 7 heteroatoms. The topological polar surface area (TPSA) is 59.9 Å². The van der Waals surface area contributed by atoms with Crippen LogP contribution in [-0.4, -0.2) is 22.3 Å². The van der Waals surface area contributed by atoms with E-state index in [1.54, 1.807) is 26.2 Å². The van der Waals surface area contributed by atoms with E-state index in [4.69, 9.17) is 27.9 Å². The number of anilines is 1. The molecule has 1 N–H and O–H groups in total. The molecule has 0 spiro atoms. The molecule has 0 aliphatic heterocycles. The molecule has 0 saturated carbocycles. The van der Waals surface area contributed by atoms with Crippen molar-refractivity contribution in [2.45, 2.75) is 13.5 Å². The monoisotopic (exact) mass is 374 g/mol. The van der Waals surface area contributed by atoms with Crippen LogP contribution >= 0.6 is 23.2 Å². The van der Waals surface area contributed by atoms with Crippen LogP contribution in [0.3, 0.4) is 0 Å². The molecule has 0 aliphatic carbocycles. The van der Waals surface area contributed by atoms with E-state index in [1.807, 2.05) is 30.3 Å². The van der Waals surface area contributed by atoms with Gasteiger partial charge in [0.05, 0.1) is 17.2 Å². The number of nitrogens with zero attached hydrogens (tertiary/aromatic N) is 3. The van der Waals surface area contributed by atoms with Crippen LogP contribution in [0, 0.1) is 6.92 Å². The lowest BCUT2D eigenvalue weighted by Gasteiger charge is -2.13. The average molecular weight is 375 g/mol. The molecular weight excluding hydrogens is 359 g/mol. The van der Waals surface area contributed by atoms with Crippen LogP contribution in [0.4, 0.5) is 5.82 Å². The second kappa shape index (κ2) is 7.68. The summed E-state index contributed by atoms with van der Waals surface area (Å²) >= 11 is 12.6. The first-order valence-corrected chi connectivity index (χ1v) is 8.36. The number of halogens is 2. The standard InChI is InChI=1S/C18H16Cl2N4O/c1-11-22-18(21-10-12-6-4-3-5-7-12)17(24-23-11)14-8-13(25-2)9-15(19)16(14)20/h3-9H,10H2,1-2H3,(H,21,22,23). The van der Waals surface area contributed by atoms with Crippen LogP contribution in [0.2, 0.25) is 10.0 Å². The number of hydrogen-bond acceptors (Lipinski definition) is 5. The number of aromatic nitrogens is 3. The minimum absolute atomic E-state index is 0.380. The van der Waals surface area contributed by atoms with Crippen molar-refractivity contribution in [3.8, 4) is 17.0 Å². The van der Waals surface area contributed by atoms with Crippen LogP contribution in [0.1, 0.15) is 11.4 Å². The highest BCUT2D eigenvalue weighted by molar-refractivity contribution is 6.43. The minimum Gasteiger partial charge on any atom is -0.497 e. The Morgan fingerprint density at radius 1 is 1.08 bits per heavy atom. The fraction of sp³-hybridized carbons (Fsp3) is 0.167. The number of hydrogen-bond donors (Lipinski definition) is 1. The van der Waals surface area contributed by atoms with Gasteiger partial charge in [-0.2, -0.15) is 0 Å². The maximum atomic E-state index is 6.37. The predicted octanol–water partition coefficient (Wildman–Crippen LogP) is 4.77. The Bertz CT molecular complexity index is 888. The number of methoxy groups -OCH3 is 1. The summed E-state index contributed by atoms with van der Waals surface area (Å²) in [6.45, 7) is 2.38. The van der Waals surface area contributed by atoms with E-state index in [9.17, 15) is 0 Å². The molecule has 1 aromatic heterocycles. The van der Waals surface area contributed by atoms with Gasteiger partial charge in [0, 0.05) is 18.2 Å². The van der Waals surface area contributed by atoms with E-state index >= 15 is 0 Å². The van der Waals surface area contributed by atoms with Crippen molar-refractivity contribution in [2.75, 3.05) is 12.4 Å². The summed E-state index contributed by atoms with van der Waals surface area (Å²) in [5, 5.41) is 12.4. The van der Waals surface area contributed by atoms with Gasteiger partial charge in [-0.15, -0.1) is 10.2 Å². The van der Waals surface area contributed by atoms with Crippen molar-refractivity contribution < 1.29 is 4.74 Å². The van der Waals surface area contributed by atoms with Gasteiger partial charge >= 0.3 is 0 Å². The summed E-state index contributed by atoms with van der Waals surface area (Å²) in [7, 11) is 1.57. The smallest absolute Gasteiger partial charge is 0.157 e. The Morgan fingerprint density at radius 2 is 1.84 bits per heavy atom. The molecule has 0 amide bonds. The van der Waals surface area contributed by atoms with Crippen molar-refractivity contribution in [1.29, 1.82) is 0 Å². The number of ether oxygens (including phenoxy) is 1. The number of aryl methyl sites for hydroxylation is 1. The summed E-state index contributed by atoms with van der Waals surface area (Å²) in [5.74, 6) is 1.73. The molecule has 0 atom stereocenters. The van der Waals surface area contributed by atoms with E-state index in [0.717, 1.165) is 5.56 Å². The zero-order valence-electron chi connectivity index (χ0n) is 13.8. The van der Waals surface area contributed by atoms with Gasteiger partial charge in [-0.3, -0.25) is 0 Å². The van der Waals surface area contributed by atoms with E-state index in [0.29, 0.717) is 45.2 Å². The molecular formula is C18H16Cl2N4O. The van der Waals surface area contributed by atoms with E-state index in [1.165, 1.54) is 0 Å². The van der Waals surface area contributed by atoms with Gasteiger partial charge in [-0.25, -0.2) is 4.98 Å². The maximum Gasteiger partial charge on any atom is 0.157 e. The van der Waals surface area contributed by atoms with Gasteiger partial charge in [-0.05, 0) is 18.6 Å². The van der Waals surface area contributed by atoms with Gasteiger partial charge < -0.3 is 10.1 Å². The maximum absolute atomic E-state index is 6.37. The molecule has 0 unspecified atom stereocenters. The van der Waals surface area contributed by atoms with Crippen LogP contribution < -0.4 is 10.1 Å². The third kappa shape index (κ3) is 4.00. The van der Waals surface area contributed by atoms with Crippen molar-refractivity contribution in [1.82, 2.24) is 15.2 Å². The zero-order chi connectivity index (χ0) is 17.8. The summed E-state index contributed by atoms with van der Waals surface area (Å²) in [5.41, 5.74) is 2.26. The van der Waals surface area contributed by atoms with E-state index in [2.05, 4.69) is 20.5 Å². The molecule has 0 radical (unpaired) electrons. The molecule has 128 valence electrons. The fourth-order valence-corrected chi connectivity index (χ4v) is 2.76. The normalized spacial score (nSPS) is 10.6. The number of rotatable bonds is 5. The van der Waals surface area contributed by atoms with E-state index < -0.39 is 0 Å². The molecule has 0 saturated heterocycles. The molecule has 1 heterocycles. The predicted molar refractivity (Wildman–Crippen MR) is 100 cm³/mol. The summed E-state index contributed by atoms with van der Waals surface area (Å²) in [6, 6.07) is 13.4. The van der Waals surface area contributed by atoms with Gasteiger partial charge in [0.1, 0.15) is 17.3 Å². The zero-order valence-corrected chi connectivity index (χ0v) is 15.3. The molecule has 3 rings (SSSR count). The largest absolute Gasteiger partial charge is 0.497 e. The highest BCUT2D eigenvalue weighted by Crippen LogP contribution is 2.38. The van der Waals surface area contributed by atoms with E-state index in [-0.39, 0.29) is 0 Å². The highest BCUT2D eigenvalue weighted by atomic mass is 35.5. The van der Waals surface area contributed by atoms with Crippen LogP contribution in [0.25, 0.3) is 11.3 Å². The lowest BCUT2D eigenvalue weighted by Crippen LogP contribution is -2.07. The molecule has 0 aliphatic rings. The lowest BCUT2D eigenvalue weighted by molar-refractivity contribution is 0.415.